The first-order valence-corrected chi connectivity index (χ1v) is 6.64. The smallest absolute Gasteiger partial charge is 0.118 e. The summed E-state index contributed by atoms with van der Waals surface area (Å²) in [5.41, 5.74) is 1.33. The summed E-state index contributed by atoms with van der Waals surface area (Å²) in [6.07, 6.45) is 3.06. The zero-order chi connectivity index (χ0) is 13.1. The van der Waals surface area contributed by atoms with Gasteiger partial charge in [0, 0.05) is 12.1 Å². The molecular weight excluding hydrogens is 226 g/mol. The molecule has 2 rings (SSSR count). The van der Waals surface area contributed by atoms with Gasteiger partial charge in [0.1, 0.15) is 5.75 Å². The number of methoxy groups -OCH3 is 1. The minimum atomic E-state index is -0.240. The second kappa shape index (κ2) is 5.72. The molecule has 1 saturated heterocycles. The van der Waals surface area contributed by atoms with Gasteiger partial charge in [-0.25, -0.2) is 0 Å². The lowest BCUT2D eigenvalue weighted by Crippen LogP contribution is -2.39. The van der Waals surface area contributed by atoms with Gasteiger partial charge in [0.15, 0.2) is 0 Å². The van der Waals surface area contributed by atoms with Crippen LogP contribution in [-0.2, 0) is 6.42 Å². The first-order chi connectivity index (χ1) is 8.61. The van der Waals surface area contributed by atoms with Gasteiger partial charge in [0.2, 0.25) is 0 Å². The first-order valence-electron chi connectivity index (χ1n) is 6.64. The fourth-order valence-corrected chi connectivity index (χ4v) is 2.90. The van der Waals surface area contributed by atoms with Crippen molar-refractivity contribution in [1.29, 1.82) is 0 Å². The largest absolute Gasteiger partial charge is 0.497 e. The lowest BCUT2D eigenvalue weighted by molar-refractivity contribution is 0.0856. The van der Waals surface area contributed by atoms with E-state index in [1.54, 1.807) is 7.11 Å². The third-order valence-electron chi connectivity index (χ3n) is 4.08. The molecule has 0 amide bonds. The summed E-state index contributed by atoms with van der Waals surface area (Å²) in [6, 6.07) is 9.13. The van der Waals surface area contributed by atoms with Gasteiger partial charge in [-0.1, -0.05) is 12.1 Å². The molecule has 1 aromatic carbocycles. The number of ether oxygens (including phenoxy) is 1. The molecule has 0 radical (unpaired) electrons. The molecule has 0 aromatic heterocycles. The molecule has 0 aliphatic carbocycles. The average molecular weight is 249 g/mol. The van der Waals surface area contributed by atoms with E-state index in [9.17, 15) is 5.11 Å². The van der Waals surface area contributed by atoms with Gasteiger partial charge in [-0.05, 0) is 50.9 Å². The van der Waals surface area contributed by atoms with Crippen molar-refractivity contribution in [2.45, 2.75) is 44.4 Å². The lowest BCUT2D eigenvalue weighted by Gasteiger charge is -2.27. The molecule has 1 aliphatic rings. The van der Waals surface area contributed by atoms with Gasteiger partial charge in [-0.2, -0.15) is 0 Å². The zero-order valence-electron chi connectivity index (χ0n) is 11.5. The maximum atomic E-state index is 9.72. The fourth-order valence-electron chi connectivity index (χ4n) is 2.90. The maximum Gasteiger partial charge on any atom is 0.118 e. The Morgan fingerprint density at radius 1 is 1.33 bits per heavy atom. The number of nitrogens with zero attached hydrogens (tertiary/aromatic N) is 1. The van der Waals surface area contributed by atoms with Crippen LogP contribution in [0.1, 0.15) is 25.3 Å². The third-order valence-corrected chi connectivity index (χ3v) is 4.08. The molecule has 18 heavy (non-hydrogen) atoms. The van der Waals surface area contributed by atoms with Crippen LogP contribution < -0.4 is 4.74 Å². The van der Waals surface area contributed by atoms with Gasteiger partial charge in [0.25, 0.3) is 0 Å². The number of benzene rings is 1. The molecule has 1 fully saturated rings. The van der Waals surface area contributed by atoms with E-state index in [1.165, 1.54) is 5.56 Å². The SMILES string of the molecule is COc1ccc(C[C@@H]2CC[C@@H]([C@@H](C)O)N2C)cc1. The molecule has 0 saturated carbocycles. The highest BCUT2D eigenvalue weighted by Crippen LogP contribution is 2.27. The monoisotopic (exact) mass is 249 g/mol. The zero-order valence-corrected chi connectivity index (χ0v) is 11.5. The quantitative estimate of drug-likeness (QED) is 0.887. The summed E-state index contributed by atoms with van der Waals surface area (Å²) in [5.74, 6) is 0.903. The van der Waals surface area contributed by atoms with Crippen molar-refractivity contribution >= 4 is 0 Å². The van der Waals surface area contributed by atoms with Crippen LogP contribution >= 0.6 is 0 Å². The van der Waals surface area contributed by atoms with Crippen LogP contribution in [0.2, 0.25) is 0 Å². The Labute approximate surface area is 109 Å². The number of likely N-dealkylation sites (N-methyl/N-ethyl adjacent to an activating group) is 1. The standard InChI is InChI=1S/C15H23NO2/c1-11(17)15-9-6-13(16(15)2)10-12-4-7-14(18-3)8-5-12/h4-5,7-8,11,13,15,17H,6,9-10H2,1-3H3/t11-,13+,15+/m1/s1. The minimum Gasteiger partial charge on any atom is -0.497 e. The van der Waals surface area contributed by atoms with E-state index in [-0.39, 0.29) is 6.10 Å². The number of hydrogen-bond acceptors (Lipinski definition) is 3. The third kappa shape index (κ3) is 2.85. The van der Waals surface area contributed by atoms with Crippen molar-refractivity contribution in [1.82, 2.24) is 4.90 Å². The number of aliphatic hydroxyl groups excluding tert-OH is 1. The fraction of sp³-hybridized carbons (Fsp3) is 0.600. The van der Waals surface area contributed by atoms with Crippen LogP contribution in [0.3, 0.4) is 0 Å². The predicted molar refractivity (Wildman–Crippen MR) is 73.0 cm³/mol. The predicted octanol–water partition coefficient (Wildman–Crippen LogP) is 2.08. The van der Waals surface area contributed by atoms with E-state index in [0.717, 1.165) is 25.0 Å². The van der Waals surface area contributed by atoms with Crippen LogP contribution in [-0.4, -0.2) is 42.4 Å². The Hall–Kier alpha value is -1.06. The van der Waals surface area contributed by atoms with Gasteiger partial charge < -0.3 is 9.84 Å². The van der Waals surface area contributed by atoms with Crippen molar-refractivity contribution < 1.29 is 9.84 Å². The highest BCUT2D eigenvalue weighted by Gasteiger charge is 2.32. The van der Waals surface area contributed by atoms with Crippen molar-refractivity contribution in [3.63, 3.8) is 0 Å². The van der Waals surface area contributed by atoms with Crippen LogP contribution in [0.4, 0.5) is 0 Å². The highest BCUT2D eigenvalue weighted by molar-refractivity contribution is 5.27. The summed E-state index contributed by atoms with van der Waals surface area (Å²) in [4.78, 5) is 2.33. The van der Waals surface area contributed by atoms with E-state index in [1.807, 2.05) is 19.1 Å². The molecule has 3 nitrogen and oxygen atoms in total. The Kier molecular flexibility index (Phi) is 4.25. The molecular formula is C15H23NO2. The second-order valence-corrected chi connectivity index (χ2v) is 5.26. The number of hydrogen-bond donors (Lipinski definition) is 1. The summed E-state index contributed by atoms with van der Waals surface area (Å²) in [7, 11) is 3.81. The van der Waals surface area contributed by atoms with Gasteiger partial charge in [-0.3, -0.25) is 4.90 Å². The molecule has 1 heterocycles. The normalized spacial score (nSPS) is 26.2. The molecule has 3 heteroatoms. The Balaban J connectivity index is 1.97. The summed E-state index contributed by atoms with van der Waals surface area (Å²) < 4.78 is 5.17. The summed E-state index contributed by atoms with van der Waals surface area (Å²) >= 11 is 0. The molecule has 100 valence electrons. The van der Waals surface area contributed by atoms with Crippen LogP contribution in [0, 0.1) is 0 Å². The molecule has 0 unspecified atom stereocenters. The summed E-state index contributed by atoms with van der Waals surface area (Å²) in [5, 5.41) is 9.72. The van der Waals surface area contributed by atoms with E-state index >= 15 is 0 Å². The average Bonchev–Trinajstić information content (AvgIpc) is 2.72. The Bertz CT molecular complexity index is 375. The molecule has 1 aliphatic heterocycles. The van der Waals surface area contributed by atoms with E-state index in [0.29, 0.717) is 12.1 Å². The van der Waals surface area contributed by atoms with Crippen LogP contribution in [0.15, 0.2) is 24.3 Å². The van der Waals surface area contributed by atoms with E-state index in [2.05, 4.69) is 24.1 Å². The van der Waals surface area contributed by atoms with E-state index in [4.69, 9.17) is 4.74 Å². The van der Waals surface area contributed by atoms with Gasteiger partial charge in [0.05, 0.1) is 13.2 Å². The van der Waals surface area contributed by atoms with Crippen molar-refractivity contribution in [2.24, 2.45) is 0 Å². The highest BCUT2D eigenvalue weighted by atomic mass is 16.5. The van der Waals surface area contributed by atoms with Gasteiger partial charge in [-0.15, -0.1) is 0 Å². The topological polar surface area (TPSA) is 32.7 Å². The van der Waals surface area contributed by atoms with E-state index < -0.39 is 0 Å². The second-order valence-electron chi connectivity index (χ2n) is 5.26. The number of likely N-dealkylation sites (tertiary alicyclic amines) is 1. The first kappa shape index (κ1) is 13.4. The molecule has 0 spiro atoms. The van der Waals surface area contributed by atoms with Crippen LogP contribution in [0.25, 0.3) is 0 Å². The lowest BCUT2D eigenvalue weighted by atomic mass is 10.0. The molecule has 0 bridgehead atoms. The number of aliphatic hydroxyl groups is 1. The minimum absolute atomic E-state index is 0.240. The van der Waals surface area contributed by atoms with Gasteiger partial charge >= 0.3 is 0 Å². The molecule has 3 atom stereocenters. The Morgan fingerprint density at radius 3 is 2.50 bits per heavy atom. The van der Waals surface area contributed by atoms with Crippen molar-refractivity contribution in [2.75, 3.05) is 14.2 Å². The molecule has 1 N–H and O–H groups in total. The van der Waals surface area contributed by atoms with Crippen molar-refractivity contribution in [3.8, 4) is 5.75 Å². The number of rotatable bonds is 4. The Morgan fingerprint density at radius 2 is 2.00 bits per heavy atom. The maximum absolute atomic E-state index is 9.72. The van der Waals surface area contributed by atoms with Crippen molar-refractivity contribution in [3.05, 3.63) is 29.8 Å². The molecule has 1 aromatic rings. The van der Waals surface area contributed by atoms with Crippen LogP contribution in [0.5, 0.6) is 5.75 Å². The summed E-state index contributed by atoms with van der Waals surface area (Å²) in [6.45, 7) is 1.89.